The van der Waals surface area contributed by atoms with Crippen LogP contribution in [0.25, 0.3) is 11.1 Å². The highest BCUT2D eigenvalue weighted by molar-refractivity contribution is 5.95. The van der Waals surface area contributed by atoms with Gasteiger partial charge in [0.25, 0.3) is 17.4 Å². The van der Waals surface area contributed by atoms with Gasteiger partial charge in [0.1, 0.15) is 11.4 Å². The van der Waals surface area contributed by atoms with Gasteiger partial charge in [0.05, 0.1) is 13.2 Å². The molecule has 5 rings (SSSR count). The summed E-state index contributed by atoms with van der Waals surface area (Å²) in [5, 5.41) is 13.3. The SMILES string of the molecule is CN1CCN(C(=O)c2ccc(-c3ccccc3CNC(=O)c3nc4n(c(=O)c3O)CCOC4(C)C)cc2)CC1. The minimum atomic E-state index is -0.870. The molecule has 2 amide bonds. The van der Waals surface area contributed by atoms with Crippen molar-refractivity contribution in [2.45, 2.75) is 32.5 Å². The van der Waals surface area contributed by atoms with Crippen molar-refractivity contribution in [3.05, 3.63) is 81.5 Å². The fourth-order valence-electron chi connectivity index (χ4n) is 5.03. The summed E-state index contributed by atoms with van der Waals surface area (Å²) in [7, 11) is 2.05. The van der Waals surface area contributed by atoms with Gasteiger partial charge in [-0.15, -0.1) is 0 Å². The number of hydrogen-bond donors (Lipinski definition) is 2. The topological polar surface area (TPSA) is 117 Å². The predicted molar refractivity (Wildman–Crippen MR) is 146 cm³/mol. The van der Waals surface area contributed by atoms with Gasteiger partial charge >= 0.3 is 0 Å². The summed E-state index contributed by atoms with van der Waals surface area (Å²) in [6.07, 6.45) is 0. The van der Waals surface area contributed by atoms with Gasteiger partial charge in [-0.05, 0) is 49.7 Å². The van der Waals surface area contributed by atoms with Gasteiger partial charge in [0.15, 0.2) is 5.69 Å². The highest BCUT2D eigenvalue weighted by Crippen LogP contribution is 2.28. The maximum Gasteiger partial charge on any atom is 0.296 e. The van der Waals surface area contributed by atoms with Crippen molar-refractivity contribution in [2.24, 2.45) is 0 Å². The summed E-state index contributed by atoms with van der Waals surface area (Å²) in [6.45, 7) is 7.41. The Bertz CT molecular complexity index is 1460. The number of aromatic hydroxyl groups is 1. The van der Waals surface area contributed by atoms with E-state index in [2.05, 4.69) is 22.2 Å². The lowest BCUT2D eigenvalue weighted by molar-refractivity contribution is -0.0566. The van der Waals surface area contributed by atoms with Crippen LogP contribution in [-0.2, 0) is 23.4 Å². The number of piperazine rings is 1. The lowest BCUT2D eigenvalue weighted by atomic mass is 9.98. The van der Waals surface area contributed by atoms with Gasteiger partial charge in [-0.25, -0.2) is 4.98 Å². The third-order valence-corrected chi connectivity index (χ3v) is 7.37. The summed E-state index contributed by atoms with van der Waals surface area (Å²) in [4.78, 5) is 47.1. The average molecular weight is 532 g/mol. The van der Waals surface area contributed by atoms with Crippen molar-refractivity contribution < 1.29 is 19.4 Å². The van der Waals surface area contributed by atoms with Crippen LogP contribution in [0.2, 0.25) is 0 Å². The molecule has 2 N–H and O–H groups in total. The number of nitrogens with one attached hydrogen (secondary N) is 1. The van der Waals surface area contributed by atoms with Gasteiger partial charge in [0, 0.05) is 38.3 Å². The Labute approximate surface area is 226 Å². The van der Waals surface area contributed by atoms with Gasteiger partial charge in [-0.1, -0.05) is 36.4 Å². The Morgan fingerprint density at radius 2 is 1.72 bits per heavy atom. The van der Waals surface area contributed by atoms with Crippen LogP contribution in [-0.4, -0.2) is 76.1 Å². The molecule has 1 aromatic heterocycles. The molecule has 1 fully saturated rings. The normalized spacial score (nSPS) is 16.9. The van der Waals surface area contributed by atoms with E-state index in [1.165, 1.54) is 4.57 Å². The first kappa shape index (κ1) is 26.6. The number of rotatable bonds is 5. The molecule has 3 heterocycles. The molecule has 39 heavy (non-hydrogen) atoms. The van der Waals surface area contributed by atoms with Crippen molar-refractivity contribution in [1.29, 1.82) is 0 Å². The molecule has 0 atom stereocenters. The summed E-state index contributed by atoms with van der Waals surface area (Å²) < 4.78 is 7.07. The van der Waals surface area contributed by atoms with Crippen LogP contribution in [0, 0.1) is 0 Å². The van der Waals surface area contributed by atoms with E-state index in [0.29, 0.717) is 31.1 Å². The highest BCUT2D eigenvalue weighted by atomic mass is 16.5. The van der Waals surface area contributed by atoms with E-state index in [0.717, 1.165) is 29.8 Å². The third-order valence-electron chi connectivity index (χ3n) is 7.37. The molecule has 0 unspecified atom stereocenters. The Morgan fingerprint density at radius 3 is 2.44 bits per heavy atom. The number of carbonyl (C=O) groups excluding carboxylic acids is 2. The van der Waals surface area contributed by atoms with E-state index in [4.69, 9.17) is 4.74 Å². The van der Waals surface area contributed by atoms with Gasteiger partial charge < -0.3 is 25.0 Å². The van der Waals surface area contributed by atoms with E-state index < -0.39 is 22.8 Å². The Morgan fingerprint density at radius 1 is 1.03 bits per heavy atom. The van der Waals surface area contributed by atoms with Gasteiger partial charge in [-0.3, -0.25) is 19.0 Å². The number of carbonyl (C=O) groups is 2. The Kier molecular flexibility index (Phi) is 7.24. The Hall–Kier alpha value is -4.02. The van der Waals surface area contributed by atoms with Crippen LogP contribution < -0.4 is 10.9 Å². The standard InChI is InChI=1S/C29H33N5O5/c1-29(2)28-31-23(24(35)27(38)34(28)16-17-39-29)25(36)30-18-21-6-4-5-7-22(21)19-8-10-20(11-9-19)26(37)33-14-12-32(3)13-15-33/h4-11,35H,12-18H2,1-3H3,(H,30,36). The van der Waals surface area contributed by atoms with Crippen LogP contribution in [0.5, 0.6) is 5.75 Å². The number of ether oxygens (including phenoxy) is 1. The molecule has 0 saturated carbocycles. The van der Waals surface area contributed by atoms with E-state index in [-0.39, 0.29) is 24.7 Å². The third kappa shape index (κ3) is 5.30. The summed E-state index contributed by atoms with van der Waals surface area (Å²) >= 11 is 0. The molecular formula is C29H33N5O5. The smallest absolute Gasteiger partial charge is 0.296 e. The van der Waals surface area contributed by atoms with Gasteiger partial charge in [0.2, 0.25) is 5.75 Å². The molecular weight excluding hydrogens is 498 g/mol. The zero-order valence-electron chi connectivity index (χ0n) is 22.4. The molecule has 0 bridgehead atoms. The molecule has 0 radical (unpaired) electrons. The second-order valence-electron chi connectivity index (χ2n) is 10.5. The highest BCUT2D eigenvalue weighted by Gasteiger charge is 2.34. The molecule has 3 aromatic rings. The number of aromatic nitrogens is 2. The zero-order valence-corrected chi connectivity index (χ0v) is 22.4. The monoisotopic (exact) mass is 531 g/mol. The summed E-state index contributed by atoms with van der Waals surface area (Å²) in [6, 6.07) is 15.1. The first-order chi connectivity index (χ1) is 18.7. The van der Waals surface area contributed by atoms with Crippen molar-refractivity contribution in [2.75, 3.05) is 39.8 Å². The molecule has 2 aromatic carbocycles. The number of likely N-dealkylation sites (N-methyl/N-ethyl adjacent to an activating group) is 1. The molecule has 0 aliphatic carbocycles. The number of nitrogens with zero attached hydrogens (tertiary/aromatic N) is 4. The minimum Gasteiger partial charge on any atom is -0.501 e. The zero-order chi connectivity index (χ0) is 27.7. The number of hydrogen-bond acceptors (Lipinski definition) is 7. The van der Waals surface area contributed by atoms with Crippen molar-refractivity contribution in [3.63, 3.8) is 0 Å². The number of amides is 2. The fraction of sp³-hybridized carbons (Fsp3) is 0.379. The first-order valence-electron chi connectivity index (χ1n) is 13.1. The minimum absolute atomic E-state index is 0.0250. The molecule has 10 heteroatoms. The van der Waals surface area contributed by atoms with E-state index >= 15 is 0 Å². The van der Waals surface area contributed by atoms with Crippen LogP contribution >= 0.6 is 0 Å². The van der Waals surface area contributed by atoms with E-state index in [9.17, 15) is 19.5 Å². The predicted octanol–water partition coefficient (Wildman–Crippen LogP) is 2.20. The lowest BCUT2D eigenvalue weighted by Crippen LogP contribution is -2.47. The lowest BCUT2D eigenvalue weighted by Gasteiger charge is -2.32. The molecule has 2 aliphatic rings. The van der Waals surface area contributed by atoms with Crippen LogP contribution in [0.3, 0.4) is 0 Å². The maximum atomic E-state index is 13.1. The van der Waals surface area contributed by atoms with Crippen LogP contribution in [0.4, 0.5) is 0 Å². The molecule has 1 saturated heterocycles. The van der Waals surface area contributed by atoms with E-state index in [1.807, 2.05) is 53.4 Å². The molecule has 204 valence electrons. The van der Waals surface area contributed by atoms with Crippen molar-refractivity contribution in [3.8, 4) is 16.9 Å². The molecule has 0 spiro atoms. The fourth-order valence-corrected chi connectivity index (χ4v) is 5.03. The van der Waals surface area contributed by atoms with E-state index in [1.54, 1.807) is 13.8 Å². The van der Waals surface area contributed by atoms with Crippen LogP contribution in [0.1, 0.15) is 46.1 Å². The maximum absolute atomic E-state index is 13.1. The molecule has 2 aliphatic heterocycles. The van der Waals surface area contributed by atoms with Crippen molar-refractivity contribution in [1.82, 2.24) is 24.7 Å². The van der Waals surface area contributed by atoms with Crippen molar-refractivity contribution >= 4 is 11.8 Å². The van der Waals surface area contributed by atoms with Crippen LogP contribution in [0.15, 0.2) is 53.3 Å². The van der Waals surface area contributed by atoms with Gasteiger partial charge in [-0.2, -0.15) is 0 Å². The number of benzene rings is 2. The average Bonchev–Trinajstić information content (AvgIpc) is 2.94. The summed E-state index contributed by atoms with van der Waals surface area (Å²) in [5.41, 5.74) is 1.42. The summed E-state index contributed by atoms with van der Waals surface area (Å²) in [5.74, 6) is -1.01. The second-order valence-corrected chi connectivity index (χ2v) is 10.5. The Balaban J connectivity index is 1.33. The first-order valence-corrected chi connectivity index (χ1v) is 13.1. The largest absolute Gasteiger partial charge is 0.501 e. The number of fused-ring (bicyclic) bond motifs is 1. The molecule has 10 nitrogen and oxygen atoms in total. The second kappa shape index (κ2) is 10.6. The quantitative estimate of drug-likeness (QED) is 0.518.